The smallest absolute Gasteiger partial charge is 0.368 e. The normalized spacial score (nSPS) is 37.2. The zero-order valence-electron chi connectivity index (χ0n) is 17.4. The van der Waals surface area contributed by atoms with Crippen LogP contribution in [0, 0.1) is 0 Å². The predicted octanol–water partition coefficient (Wildman–Crippen LogP) is 2.06. The molecule has 0 aromatic rings. The number of ether oxygens (including phenoxy) is 4. The van der Waals surface area contributed by atoms with E-state index in [1.54, 1.807) is 0 Å². The van der Waals surface area contributed by atoms with E-state index in [-0.39, 0.29) is 50.7 Å². The largest absolute Gasteiger partial charge is 0.522 e. The van der Waals surface area contributed by atoms with Gasteiger partial charge in [-0.05, 0) is 19.3 Å². The van der Waals surface area contributed by atoms with Crippen LogP contribution >= 0.6 is 0 Å². The average Bonchev–Trinajstić information content (AvgIpc) is 2.53. The summed E-state index contributed by atoms with van der Waals surface area (Å²) < 4.78 is 90.8. The van der Waals surface area contributed by atoms with Crippen molar-refractivity contribution in [3.8, 4) is 0 Å². The molecule has 2 bridgehead atoms. The Morgan fingerprint density at radius 3 is 1.30 bits per heavy atom. The number of halogens is 6. The molecule has 188 valence electrons. The fourth-order valence-electron chi connectivity index (χ4n) is 4.98. The molecule has 0 atom stereocenters. The van der Waals surface area contributed by atoms with Crippen LogP contribution in [0.25, 0.3) is 0 Å². The van der Waals surface area contributed by atoms with Crippen molar-refractivity contribution in [1.82, 2.24) is 10.6 Å². The molecule has 5 fully saturated rings. The fraction of sp³-hybridized carbons (Fsp3) is 0.895. The Hall–Kier alpha value is -1.64. The van der Waals surface area contributed by atoms with Gasteiger partial charge in [-0.15, -0.1) is 26.3 Å². The van der Waals surface area contributed by atoms with Crippen molar-refractivity contribution < 1.29 is 54.9 Å². The topological polar surface area (TPSA) is 95.1 Å². The third kappa shape index (κ3) is 6.28. The van der Waals surface area contributed by atoms with E-state index in [0.29, 0.717) is 19.3 Å². The highest BCUT2D eigenvalue weighted by molar-refractivity contribution is 5.81. The van der Waals surface area contributed by atoms with E-state index in [2.05, 4.69) is 20.1 Å². The lowest BCUT2D eigenvalue weighted by Crippen LogP contribution is -2.84. The van der Waals surface area contributed by atoms with E-state index in [1.165, 1.54) is 0 Å². The number of carbonyl (C=O) groups is 2. The van der Waals surface area contributed by atoms with Gasteiger partial charge in [0.2, 0.25) is 11.8 Å². The van der Waals surface area contributed by atoms with E-state index in [4.69, 9.17) is 9.47 Å². The molecule has 0 spiro atoms. The van der Waals surface area contributed by atoms with Crippen molar-refractivity contribution in [1.29, 1.82) is 0 Å². The first-order valence-corrected chi connectivity index (χ1v) is 10.6. The second kappa shape index (κ2) is 8.54. The molecule has 0 aromatic heterocycles. The predicted molar refractivity (Wildman–Crippen MR) is 95.4 cm³/mol. The Morgan fingerprint density at radius 2 is 1.00 bits per heavy atom. The summed E-state index contributed by atoms with van der Waals surface area (Å²) in [7, 11) is 0. The zero-order valence-corrected chi connectivity index (χ0v) is 17.4. The van der Waals surface area contributed by atoms with Gasteiger partial charge in [0.15, 0.2) is 0 Å². The Balaban J connectivity index is 1.04. The van der Waals surface area contributed by atoms with E-state index in [1.807, 2.05) is 0 Å². The van der Waals surface area contributed by atoms with Crippen LogP contribution in [0.15, 0.2) is 0 Å². The number of nitrogens with one attached hydrogen (secondary N) is 2. The number of hydrogen-bond donors (Lipinski definition) is 2. The highest BCUT2D eigenvalue weighted by Gasteiger charge is 2.69. The fourth-order valence-corrected chi connectivity index (χ4v) is 4.98. The van der Waals surface area contributed by atoms with Gasteiger partial charge in [-0.2, -0.15) is 0 Å². The Morgan fingerprint density at radius 1 is 0.667 bits per heavy atom. The van der Waals surface area contributed by atoms with Crippen molar-refractivity contribution >= 4 is 11.8 Å². The van der Waals surface area contributed by atoms with Gasteiger partial charge in [-0.3, -0.25) is 19.1 Å². The number of alkyl halides is 6. The molecule has 5 aliphatic carbocycles. The maximum atomic E-state index is 12.1. The van der Waals surface area contributed by atoms with E-state index < -0.39 is 48.2 Å². The second-order valence-electron chi connectivity index (χ2n) is 9.37. The molecular weight excluding hydrogens is 466 g/mol. The maximum Gasteiger partial charge on any atom is 0.522 e. The second-order valence-corrected chi connectivity index (χ2v) is 9.37. The third-order valence-electron chi connectivity index (χ3n) is 6.44. The van der Waals surface area contributed by atoms with Crippen LogP contribution in [0.5, 0.6) is 0 Å². The standard InChI is InChI=1S/C19H24F6N2O6/c20-18(21,22)32-12-1-10(2-12)30-5-14(28)26-16-7-17(8-16,9-16)27-15(29)6-31-11-3-13(4-11)33-19(23,24)25/h10-13H,1-9H2,(H,26,28)(H,27,29). The first kappa shape index (κ1) is 24.5. The minimum absolute atomic E-state index is 0.0754. The molecule has 5 aliphatic rings. The molecule has 14 heteroatoms. The number of hydrogen-bond acceptors (Lipinski definition) is 6. The highest BCUT2D eigenvalue weighted by Crippen LogP contribution is 2.60. The summed E-state index contributed by atoms with van der Waals surface area (Å²) in [5.41, 5.74) is -0.849. The Kier molecular flexibility index (Phi) is 6.34. The Bertz CT molecular complexity index is 683. The lowest BCUT2D eigenvalue weighted by Gasteiger charge is -2.70. The summed E-state index contributed by atoms with van der Waals surface area (Å²) in [6.07, 6.45) is -10.2. The molecule has 8 nitrogen and oxygen atoms in total. The third-order valence-corrected chi connectivity index (χ3v) is 6.44. The highest BCUT2D eigenvalue weighted by atomic mass is 19.4. The number of amides is 2. The lowest BCUT2D eigenvalue weighted by atomic mass is 9.44. The van der Waals surface area contributed by atoms with Gasteiger partial charge in [0, 0.05) is 36.8 Å². The van der Waals surface area contributed by atoms with E-state index in [9.17, 15) is 35.9 Å². The molecule has 0 unspecified atom stereocenters. The van der Waals surface area contributed by atoms with Crippen LogP contribution in [0.2, 0.25) is 0 Å². The quantitative estimate of drug-likeness (QED) is 0.456. The lowest BCUT2D eigenvalue weighted by molar-refractivity contribution is -0.358. The van der Waals surface area contributed by atoms with Gasteiger partial charge in [0.05, 0.1) is 24.4 Å². The van der Waals surface area contributed by atoms with Crippen molar-refractivity contribution in [3.63, 3.8) is 0 Å². The molecule has 0 aliphatic heterocycles. The molecule has 2 N–H and O–H groups in total. The van der Waals surface area contributed by atoms with Crippen LogP contribution in [-0.2, 0) is 28.5 Å². The van der Waals surface area contributed by atoms with Gasteiger partial charge in [0.25, 0.3) is 0 Å². The number of carbonyl (C=O) groups excluding carboxylic acids is 2. The summed E-state index contributed by atoms with van der Waals surface area (Å²) in [5.74, 6) is -0.752. The minimum Gasteiger partial charge on any atom is -0.368 e. The first-order chi connectivity index (χ1) is 15.2. The van der Waals surface area contributed by atoms with Crippen LogP contribution < -0.4 is 10.6 Å². The minimum atomic E-state index is -4.68. The molecule has 0 radical (unpaired) electrons. The molecule has 0 aromatic carbocycles. The van der Waals surface area contributed by atoms with E-state index >= 15 is 0 Å². The van der Waals surface area contributed by atoms with Crippen molar-refractivity contribution in [2.24, 2.45) is 0 Å². The molecule has 2 amide bonds. The monoisotopic (exact) mass is 490 g/mol. The van der Waals surface area contributed by atoms with Gasteiger partial charge in [-0.25, -0.2) is 0 Å². The first-order valence-electron chi connectivity index (χ1n) is 10.6. The molecule has 33 heavy (non-hydrogen) atoms. The molecule has 0 heterocycles. The van der Waals surface area contributed by atoms with E-state index in [0.717, 1.165) is 0 Å². The van der Waals surface area contributed by atoms with Gasteiger partial charge >= 0.3 is 12.7 Å². The van der Waals surface area contributed by atoms with Gasteiger partial charge in [0.1, 0.15) is 13.2 Å². The van der Waals surface area contributed by atoms with Crippen LogP contribution in [0.1, 0.15) is 44.9 Å². The van der Waals surface area contributed by atoms with Gasteiger partial charge in [-0.1, -0.05) is 0 Å². The summed E-state index contributed by atoms with van der Waals surface area (Å²) >= 11 is 0. The number of rotatable bonds is 10. The zero-order chi connectivity index (χ0) is 24.1. The SMILES string of the molecule is O=C(COC1CC(OC(F)(F)F)C1)NC12CC(NC(=O)COC3CC(OC(F)(F)F)C3)(C1)C2. The molecule has 5 rings (SSSR count). The molecular formula is C19H24F6N2O6. The van der Waals surface area contributed by atoms with Crippen LogP contribution in [0.4, 0.5) is 26.3 Å². The van der Waals surface area contributed by atoms with Crippen molar-refractivity contribution in [2.75, 3.05) is 13.2 Å². The average molecular weight is 490 g/mol. The van der Waals surface area contributed by atoms with Crippen molar-refractivity contribution in [3.05, 3.63) is 0 Å². The van der Waals surface area contributed by atoms with Crippen LogP contribution in [-0.4, -0.2) is 73.2 Å². The molecule has 5 saturated carbocycles. The molecule has 0 saturated heterocycles. The summed E-state index contributed by atoms with van der Waals surface area (Å²) in [6.45, 7) is -0.530. The summed E-state index contributed by atoms with van der Waals surface area (Å²) in [5, 5.41) is 5.68. The maximum absolute atomic E-state index is 12.1. The summed E-state index contributed by atoms with van der Waals surface area (Å²) in [6, 6.07) is 0. The van der Waals surface area contributed by atoms with Gasteiger partial charge < -0.3 is 20.1 Å². The summed E-state index contributed by atoms with van der Waals surface area (Å²) in [4.78, 5) is 24.1. The van der Waals surface area contributed by atoms with Crippen LogP contribution in [0.3, 0.4) is 0 Å². The Labute approximate surface area is 184 Å². The van der Waals surface area contributed by atoms with Crippen molar-refractivity contribution in [2.45, 2.75) is 93.2 Å².